The molecule has 0 bridgehead atoms. The molecule has 0 unspecified atom stereocenters. The van der Waals surface area contributed by atoms with Gasteiger partial charge in [-0.3, -0.25) is 0 Å². The highest BCUT2D eigenvalue weighted by Crippen LogP contribution is 2.18. The zero-order valence-corrected chi connectivity index (χ0v) is 7.59. The molecule has 1 N–H and O–H groups in total. The summed E-state index contributed by atoms with van der Waals surface area (Å²) in [5.74, 6) is 1.17. The van der Waals surface area contributed by atoms with Crippen molar-refractivity contribution < 1.29 is 9.84 Å². The van der Waals surface area contributed by atoms with E-state index in [-0.39, 0.29) is 6.61 Å². The fourth-order valence-electron chi connectivity index (χ4n) is 1.36. The van der Waals surface area contributed by atoms with Gasteiger partial charge in [-0.15, -0.1) is 0 Å². The van der Waals surface area contributed by atoms with Crippen LogP contribution in [0.3, 0.4) is 0 Å². The highest BCUT2D eigenvalue weighted by atomic mass is 16.5. The van der Waals surface area contributed by atoms with Crippen LogP contribution >= 0.6 is 0 Å². The van der Waals surface area contributed by atoms with Crippen LogP contribution in [0.2, 0.25) is 0 Å². The highest BCUT2D eigenvalue weighted by molar-refractivity contribution is 4.96. The smallest absolute Gasteiger partial charge is 0.0919 e. The van der Waals surface area contributed by atoms with E-state index in [1.165, 1.54) is 25.0 Å². The van der Waals surface area contributed by atoms with Gasteiger partial charge in [0.2, 0.25) is 0 Å². The molecule has 2 heteroatoms. The van der Waals surface area contributed by atoms with Crippen LogP contribution in [0.15, 0.2) is 11.8 Å². The van der Waals surface area contributed by atoms with Crippen molar-refractivity contribution in [3.63, 3.8) is 0 Å². The molecule has 0 radical (unpaired) electrons. The Bertz CT molecular complexity index is 141. The van der Waals surface area contributed by atoms with Crippen molar-refractivity contribution in [3.05, 3.63) is 11.8 Å². The summed E-state index contributed by atoms with van der Waals surface area (Å²) in [4.78, 5) is 0. The lowest BCUT2D eigenvalue weighted by molar-refractivity contribution is 0.179. The molecule has 2 nitrogen and oxygen atoms in total. The minimum Gasteiger partial charge on any atom is -0.498 e. The SMILES string of the molecule is OCCCCOC1=CCCCC1. The number of hydrogen-bond donors (Lipinski definition) is 1. The van der Waals surface area contributed by atoms with Crippen molar-refractivity contribution in [1.82, 2.24) is 0 Å². The minimum absolute atomic E-state index is 0.280. The third-order valence-electron chi connectivity index (χ3n) is 2.09. The van der Waals surface area contributed by atoms with E-state index in [9.17, 15) is 0 Å². The zero-order valence-electron chi connectivity index (χ0n) is 7.59. The summed E-state index contributed by atoms with van der Waals surface area (Å²) in [6.07, 6.45) is 8.88. The van der Waals surface area contributed by atoms with Crippen molar-refractivity contribution in [1.29, 1.82) is 0 Å². The summed E-state index contributed by atoms with van der Waals surface area (Å²) in [6.45, 7) is 1.05. The van der Waals surface area contributed by atoms with Gasteiger partial charge in [-0.25, -0.2) is 0 Å². The molecule has 1 aliphatic carbocycles. The van der Waals surface area contributed by atoms with Crippen molar-refractivity contribution in [2.45, 2.75) is 38.5 Å². The monoisotopic (exact) mass is 170 g/mol. The summed E-state index contributed by atoms with van der Waals surface area (Å²) in [5, 5.41) is 8.53. The molecule has 12 heavy (non-hydrogen) atoms. The molecule has 0 fully saturated rings. The van der Waals surface area contributed by atoms with Gasteiger partial charge in [0.15, 0.2) is 0 Å². The molecule has 0 atom stereocenters. The fraction of sp³-hybridized carbons (Fsp3) is 0.800. The highest BCUT2D eigenvalue weighted by Gasteiger charge is 2.03. The molecule has 0 aromatic carbocycles. The van der Waals surface area contributed by atoms with Gasteiger partial charge in [-0.05, 0) is 38.2 Å². The molecule has 0 heterocycles. The molecule has 70 valence electrons. The van der Waals surface area contributed by atoms with Crippen LogP contribution in [0, 0.1) is 0 Å². The van der Waals surface area contributed by atoms with Gasteiger partial charge in [0, 0.05) is 13.0 Å². The van der Waals surface area contributed by atoms with Crippen molar-refractivity contribution >= 4 is 0 Å². The number of hydrogen-bond acceptors (Lipinski definition) is 2. The van der Waals surface area contributed by atoms with Crippen molar-refractivity contribution in [2.75, 3.05) is 13.2 Å². The topological polar surface area (TPSA) is 29.5 Å². The number of aliphatic hydroxyl groups is 1. The zero-order chi connectivity index (χ0) is 8.65. The summed E-state index contributed by atoms with van der Waals surface area (Å²) in [7, 11) is 0. The first-order chi connectivity index (χ1) is 5.93. The largest absolute Gasteiger partial charge is 0.498 e. The minimum atomic E-state index is 0.280. The maximum absolute atomic E-state index is 8.53. The molecule has 0 aliphatic heterocycles. The summed E-state index contributed by atoms with van der Waals surface area (Å²) in [5.41, 5.74) is 0. The number of unbranched alkanes of at least 4 members (excludes halogenated alkanes) is 1. The molecule has 0 spiro atoms. The Morgan fingerprint density at radius 2 is 2.25 bits per heavy atom. The third-order valence-corrected chi connectivity index (χ3v) is 2.09. The van der Waals surface area contributed by atoms with Crippen LogP contribution in [0.5, 0.6) is 0 Å². The Morgan fingerprint density at radius 3 is 2.92 bits per heavy atom. The first-order valence-electron chi connectivity index (χ1n) is 4.86. The number of allylic oxidation sites excluding steroid dienone is 2. The lowest BCUT2D eigenvalue weighted by Crippen LogP contribution is -1.99. The van der Waals surface area contributed by atoms with E-state index in [0.717, 1.165) is 25.9 Å². The van der Waals surface area contributed by atoms with E-state index in [0.29, 0.717) is 0 Å². The second kappa shape index (κ2) is 6.06. The molecule has 1 aliphatic rings. The van der Waals surface area contributed by atoms with E-state index in [1.54, 1.807) is 0 Å². The standard InChI is InChI=1S/C10H18O2/c11-8-4-5-9-12-10-6-2-1-3-7-10/h6,11H,1-5,7-9H2. The Hall–Kier alpha value is -0.500. The number of aliphatic hydroxyl groups excluding tert-OH is 1. The van der Waals surface area contributed by atoms with E-state index in [2.05, 4.69) is 6.08 Å². The molecule has 0 saturated carbocycles. The van der Waals surface area contributed by atoms with Crippen LogP contribution in [0.4, 0.5) is 0 Å². The van der Waals surface area contributed by atoms with Crippen LogP contribution < -0.4 is 0 Å². The normalized spacial score (nSPS) is 17.2. The van der Waals surface area contributed by atoms with Crippen molar-refractivity contribution in [2.24, 2.45) is 0 Å². The van der Waals surface area contributed by atoms with E-state index < -0.39 is 0 Å². The van der Waals surface area contributed by atoms with Crippen LogP contribution in [-0.2, 0) is 4.74 Å². The van der Waals surface area contributed by atoms with Gasteiger partial charge in [0.25, 0.3) is 0 Å². The van der Waals surface area contributed by atoms with Gasteiger partial charge < -0.3 is 9.84 Å². The van der Waals surface area contributed by atoms with Crippen LogP contribution in [0.1, 0.15) is 38.5 Å². The summed E-state index contributed by atoms with van der Waals surface area (Å²) < 4.78 is 5.54. The van der Waals surface area contributed by atoms with E-state index in [4.69, 9.17) is 9.84 Å². The van der Waals surface area contributed by atoms with Crippen molar-refractivity contribution in [3.8, 4) is 0 Å². The first-order valence-corrected chi connectivity index (χ1v) is 4.86. The summed E-state index contributed by atoms with van der Waals surface area (Å²) >= 11 is 0. The molecular formula is C10H18O2. The molecule has 0 aromatic heterocycles. The molecule has 1 rings (SSSR count). The Balaban J connectivity index is 2.01. The van der Waals surface area contributed by atoms with Gasteiger partial charge in [0.1, 0.15) is 0 Å². The number of ether oxygens (including phenoxy) is 1. The van der Waals surface area contributed by atoms with Gasteiger partial charge >= 0.3 is 0 Å². The van der Waals surface area contributed by atoms with E-state index >= 15 is 0 Å². The maximum Gasteiger partial charge on any atom is 0.0919 e. The average molecular weight is 170 g/mol. The predicted molar refractivity (Wildman–Crippen MR) is 48.8 cm³/mol. The second-order valence-electron chi connectivity index (χ2n) is 3.20. The quantitative estimate of drug-likeness (QED) is 0.641. The molecular weight excluding hydrogens is 152 g/mol. The van der Waals surface area contributed by atoms with Gasteiger partial charge in [0.05, 0.1) is 12.4 Å². The first kappa shape index (κ1) is 9.59. The summed E-state index contributed by atoms with van der Waals surface area (Å²) in [6, 6.07) is 0. The van der Waals surface area contributed by atoms with Gasteiger partial charge in [-0.2, -0.15) is 0 Å². The second-order valence-corrected chi connectivity index (χ2v) is 3.20. The van der Waals surface area contributed by atoms with Gasteiger partial charge in [-0.1, -0.05) is 0 Å². The van der Waals surface area contributed by atoms with E-state index in [1.807, 2.05) is 0 Å². The average Bonchev–Trinajstić information content (AvgIpc) is 2.14. The lowest BCUT2D eigenvalue weighted by Gasteiger charge is -2.13. The lowest BCUT2D eigenvalue weighted by atomic mass is 10.1. The fourth-order valence-corrected chi connectivity index (χ4v) is 1.36. The third kappa shape index (κ3) is 3.77. The predicted octanol–water partition coefficient (Wildman–Crippen LogP) is 2.23. The molecule has 0 amide bonds. The molecule has 0 saturated heterocycles. The Labute approximate surface area is 74.2 Å². The van der Waals surface area contributed by atoms with Crippen LogP contribution in [0.25, 0.3) is 0 Å². The Kier molecular flexibility index (Phi) is 4.85. The number of rotatable bonds is 5. The van der Waals surface area contributed by atoms with Crippen LogP contribution in [-0.4, -0.2) is 18.3 Å². The molecule has 0 aromatic rings. The Morgan fingerprint density at radius 1 is 1.33 bits per heavy atom. The maximum atomic E-state index is 8.53.